The first-order chi connectivity index (χ1) is 16.3. The number of nitrogens with one attached hydrogen (secondary N) is 2. The van der Waals surface area contributed by atoms with Crippen LogP contribution in [0.25, 0.3) is 0 Å². The molecule has 0 unspecified atom stereocenters. The fraction of sp³-hybridized carbons (Fsp3) is 0.136. The lowest BCUT2D eigenvalue weighted by atomic mass is 10.1. The zero-order valence-electron chi connectivity index (χ0n) is 18.6. The number of carbonyl (C=O) groups excluding carboxylic acids is 2. The van der Waals surface area contributed by atoms with Crippen molar-refractivity contribution in [1.82, 2.24) is 20.6 Å². The van der Waals surface area contributed by atoms with E-state index < -0.39 is 24.1 Å². The van der Waals surface area contributed by atoms with Crippen LogP contribution in [0.5, 0.6) is 0 Å². The van der Waals surface area contributed by atoms with Crippen LogP contribution in [0.15, 0.2) is 76.4 Å². The second-order valence-corrected chi connectivity index (χ2v) is 6.69. The summed E-state index contributed by atoms with van der Waals surface area (Å²) in [6.07, 6.45) is 1.05. The summed E-state index contributed by atoms with van der Waals surface area (Å²) in [6.45, 7) is -1.62. The summed E-state index contributed by atoms with van der Waals surface area (Å²) in [5.74, 6) is -1.90. The van der Waals surface area contributed by atoms with E-state index >= 15 is 0 Å². The average Bonchev–Trinajstić information content (AvgIpc) is 3.38. The Kier molecular flexibility index (Phi) is 5.56. The first-order valence-corrected chi connectivity index (χ1v) is 9.53. The number of benzene rings is 2. The van der Waals surface area contributed by atoms with Crippen molar-refractivity contribution in [2.45, 2.75) is 13.0 Å². The lowest BCUT2D eigenvalue weighted by molar-refractivity contribution is 0.0944. The van der Waals surface area contributed by atoms with Gasteiger partial charge in [-0.05, 0) is 34.0 Å². The average molecular weight is 433 g/mol. The molecule has 32 heavy (non-hydrogen) atoms. The number of hydrogen-bond donors (Lipinski definition) is 2. The predicted molar refractivity (Wildman–Crippen MR) is 113 cm³/mol. The van der Waals surface area contributed by atoms with Crippen molar-refractivity contribution in [3.05, 3.63) is 94.8 Å². The van der Waals surface area contributed by atoms with Gasteiger partial charge in [0.05, 0.1) is 8.45 Å². The summed E-state index contributed by atoms with van der Waals surface area (Å²) in [5.41, 5.74) is 2.32. The maximum absolute atomic E-state index is 13.1. The van der Waals surface area contributed by atoms with E-state index in [-0.39, 0.29) is 23.5 Å². The molecule has 2 amide bonds. The molecule has 4 rings (SSSR count). The summed E-state index contributed by atoms with van der Waals surface area (Å²) >= 11 is 0. The third-order valence-electron chi connectivity index (χ3n) is 4.49. The van der Waals surface area contributed by atoms with Crippen LogP contribution in [0.1, 0.15) is 40.4 Å². The molecule has 2 aromatic carbocycles. The van der Waals surface area contributed by atoms with Crippen molar-refractivity contribution in [1.29, 1.82) is 0 Å². The minimum atomic E-state index is -2.28. The molecule has 0 atom stereocenters. The third kappa shape index (κ3) is 5.22. The second kappa shape index (κ2) is 9.65. The molecule has 9 nitrogen and oxygen atoms in total. The first kappa shape index (κ1) is 18.4. The zero-order valence-corrected chi connectivity index (χ0v) is 16.6. The molecule has 3 aromatic rings. The molecule has 10 heteroatoms. The van der Waals surface area contributed by atoms with Gasteiger partial charge >= 0.3 is 0 Å². The zero-order chi connectivity index (χ0) is 24.1. The normalized spacial score (nSPS) is 13.7. The van der Waals surface area contributed by atoms with E-state index in [1.165, 1.54) is 18.2 Å². The largest absolute Gasteiger partial charge is 0.347 e. The minimum Gasteiger partial charge on any atom is -0.347 e. The van der Waals surface area contributed by atoms with E-state index in [4.69, 9.17) is 2.74 Å². The van der Waals surface area contributed by atoms with Crippen molar-refractivity contribution in [3.63, 3.8) is 0 Å². The number of rotatable bonds is 7. The van der Waals surface area contributed by atoms with Crippen LogP contribution in [-0.4, -0.2) is 34.0 Å². The lowest BCUT2D eigenvalue weighted by Crippen LogP contribution is -2.27. The monoisotopic (exact) mass is 433 g/mol. The van der Waals surface area contributed by atoms with E-state index in [1.54, 1.807) is 0 Å². The number of hydrogen-bond acceptors (Lipinski definition) is 7. The quantitative estimate of drug-likeness (QED) is 0.595. The number of halogens is 1. The van der Waals surface area contributed by atoms with Gasteiger partial charge in [-0.2, -0.15) is 5.11 Å². The van der Waals surface area contributed by atoms with Gasteiger partial charge in [0.1, 0.15) is 30.1 Å². The first-order valence-electron chi connectivity index (χ1n) is 10.5. The molecule has 0 bridgehead atoms. The van der Waals surface area contributed by atoms with Crippen molar-refractivity contribution in [2.75, 3.05) is 6.54 Å². The summed E-state index contributed by atoms with van der Waals surface area (Å²) in [6, 6.07) is 13.2. The molecule has 0 radical (unpaired) electrons. The van der Waals surface area contributed by atoms with Gasteiger partial charge in [0.15, 0.2) is 0 Å². The molecule has 2 N–H and O–H groups in total. The molecular weight excluding hydrogens is 413 g/mol. The van der Waals surface area contributed by atoms with Crippen LogP contribution < -0.4 is 10.6 Å². The molecule has 0 fully saturated rings. The summed E-state index contributed by atoms with van der Waals surface area (Å²) in [5, 5.41) is 16.2. The summed E-state index contributed by atoms with van der Waals surface area (Å²) in [7, 11) is 0. The Hall–Kier alpha value is -4.34. The minimum absolute atomic E-state index is 0.0531. The summed E-state index contributed by atoms with van der Waals surface area (Å²) in [4.78, 5) is 32.8. The van der Waals surface area contributed by atoms with Crippen LogP contribution in [0, 0.1) is 5.82 Å². The molecule has 1 aliphatic rings. The van der Waals surface area contributed by atoms with E-state index in [1.807, 2.05) is 24.3 Å². The van der Waals surface area contributed by atoms with Crippen molar-refractivity contribution in [2.24, 2.45) is 15.4 Å². The SMILES string of the molecule is [2H]C([2H])(NC(=O)c1cc(C(=O)NCc2ccc(C3=NN=NC3)cc2)ncn1)c1ccc(F)cc1. The number of amides is 2. The van der Waals surface area contributed by atoms with Crippen molar-refractivity contribution in [3.8, 4) is 0 Å². The Bertz CT molecular complexity index is 1280. The Morgan fingerprint density at radius 1 is 0.938 bits per heavy atom. The number of aromatic nitrogens is 2. The number of nitrogens with zero attached hydrogens (tertiary/aromatic N) is 5. The van der Waals surface area contributed by atoms with Crippen LogP contribution in [0.3, 0.4) is 0 Å². The van der Waals surface area contributed by atoms with Gasteiger partial charge in [-0.25, -0.2) is 14.4 Å². The molecular formula is C22H18FN7O2. The van der Waals surface area contributed by atoms with Gasteiger partial charge in [0.2, 0.25) is 0 Å². The van der Waals surface area contributed by atoms with Crippen LogP contribution in [0.2, 0.25) is 0 Å². The van der Waals surface area contributed by atoms with E-state index in [0.717, 1.165) is 35.3 Å². The topological polar surface area (TPSA) is 121 Å². The molecule has 1 aromatic heterocycles. The highest BCUT2D eigenvalue weighted by Gasteiger charge is 2.13. The lowest BCUT2D eigenvalue weighted by Gasteiger charge is -2.08. The van der Waals surface area contributed by atoms with Crippen LogP contribution in [-0.2, 0) is 13.0 Å². The van der Waals surface area contributed by atoms with Gasteiger partial charge < -0.3 is 10.6 Å². The molecule has 0 saturated heterocycles. The predicted octanol–water partition coefficient (Wildman–Crippen LogP) is 2.65. The molecule has 0 saturated carbocycles. The van der Waals surface area contributed by atoms with Gasteiger partial charge in [0.25, 0.3) is 11.8 Å². The van der Waals surface area contributed by atoms with Gasteiger partial charge in [-0.3, -0.25) is 9.59 Å². The highest BCUT2D eigenvalue weighted by atomic mass is 19.1. The summed E-state index contributed by atoms with van der Waals surface area (Å²) < 4.78 is 29.2. The Labute approximate surface area is 185 Å². The van der Waals surface area contributed by atoms with Gasteiger partial charge in [-0.1, -0.05) is 36.4 Å². The molecule has 2 heterocycles. The molecule has 0 aliphatic carbocycles. The second-order valence-electron chi connectivity index (χ2n) is 6.69. The molecule has 160 valence electrons. The highest BCUT2D eigenvalue weighted by Crippen LogP contribution is 2.10. The third-order valence-corrected chi connectivity index (χ3v) is 4.49. The fourth-order valence-corrected chi connectivity index (χ4v) is 2.78. The Morgan fingerprint density at radius 3 is 2.25 bits per heavy atom. The Morgan fingerprint density at radius 2 is 1.59 bits per heavy atom. The number of carbonyl (C=O) groups is 2. The van der Waals surface area contributed by atoms with Gasteiger partial charge in [0, 0.05) is 19.1 Å². The smallest absolute Gasteiger partial charge is 0.270 e. The maximum atomic E-state index is 13.1. The van der Waals surface area contributed by atoms with E-state index in [9.17, 15) is 14.0 Å². The standard InChI is InChI=1S/C22H18FN7O2/c23-17-7-3-15(4-8-17)11-25-22(32)19-9-18(26-13-27-19)21(31)24-10-14-1-5-16(6-2-14)20-12-28-30-29-20/h1-9,13H,10-12H2,(H,24,31)(H,25,32)/i11D2. The highest BCUT2D eigenvalue weighted by molar-refractivity contribution is 6.02. The van der Waals surface area contributed by atoms with Crippen molar-refractivity contribution >= 4 is 17.5 Å². The fourth-order valence-electron chi connectivity index (χ4n) is 2.78. The van der Waals surface area contributed by atoms with E-state index in [0.29, 0.717) is 6.54 Å². The molecule has 1 aliphatic heterocycles. The van der Waals surface area contributed by atoms with Crippen LogP contribution in [0.4, 0.5) is 4.39 Å². The van der Waals surface area contributed by atoms with E-state index in [2.05, 4.69) is 36.0 Å². The Balaban J connectivity index is 1.38. The molecule has 0 spiro atoms. The van der Waals surface area contributed by atoms with Crippen molar-refractivity contribution < 1.29 is 16.7 Å². The maximum Gasteiger partial charge on any atom is 0.270 e. The van der Waals surface area contributed by atoms with Crippen LogP contribution >= 0.6 is 0 Å². The van der Waals surface area contributed by atoms with Gasteiger partial charge in [-0.15, -0.1) is 5.10 Å².